The molecule has 1 heterocycles. The lowest BCUT2D eigenvalue weighted by molar-refractivity contribution is -0.138. The zero-order valence-corrected chi connectivity index (χ0v) is 8.88. The summed E-state index contributed by atoms with van der Waals surface area (Å²) >= 11 is 0. The fraction of sp³-hybridized carbons (Fsp3) is 0.455. The minimum Gasteiger partial charge on any atom is -0.508 e. The molecule has 1 aromatic carbocycles. The van der Waals surface area contributed by atoms with Crippen molar-refractivity contribution in [3.8, 4) is 11.5 Å². The van der Waals surface area contributed by atoms with Crippen molar-refractivity contribution in [1.29, 1.82) is 0 Å². The van der Waals surface area contributed by atoms with Crippen molar-refractivity contribution >= 4 is 0 Å². The van der Waals surface area contributed by atoms with Crippen LogP contribution in [-0.4, -0.2) is 23.3 Å². The molecule has 1 aromatic rings. The van der Waals surface area contributed by atoms with Crippen molar-refractivity contribution in [2.45, 2.75) is 18.5 Å². The summed E-state index contributed by atoms with van der Waals surface area (Å²) in [6, 6.07) is 1.74. The Bertz CT molecular complexity index is 425. The van der Waals surface area contributed by atoms with Crippen LogP contribution in [0.4, 0.5) is 13.2 Å². The number of alkyl halides is 3. The number of benzene rings is 1. The lowest BCUT2D eigenvalue weighted by atomic mass is 9.94. The van der Waals surface area contributed by atoms with E-state index in [9.17, 15) is 23.4 Å². The van der Waals surface area contributed by atoms with Gasteiger partial charge < -0.3 is 15.5 Å². The molecule has 1 atom stereocenters. The van der Waals surface area contributed by atoms with Gasteiger partial charge in [0.05, 0.1) is 0 Å². The highest BCUT2D eigenvalue weighted by Gasteiger charge is 2.36. The molecule has 17 heavy (non-hydrogen) atoms. The fourth-order valence-corrected chi connectivity index (χ4v) is 2.09. The minimum absolute atomic E-state index is 0.155. The minimum atomic E-state index is -4.66. The van der Waals surface area contributed by atoms with Crippen LogP contribution in [0.3, 0.4) is 0 Å². The Kier molecular flexibility index (Phi) is 2.91. The largest absolute Gasteiger partial charge is 0.508 e. The first kappa shape index (κ1) is 12.0. The third-order valence-corrected chi connectivity index (χ3v) is 2.93. The van der Waals surface area contributed by atoms with Gasteiger partial charge in [0.1, 0.15) is 17.1 Å². The van der Waals surface area contributed by atoms with E-state index in [0.29, 0.717) is 25.6 Å². The number of phenolic OH excluding ortho intramolecular Hbond substituents is 2. The maximum Gasteiger partial charge on any atom is 0.420 e. The Morgan fingerprint density at radius 2 is 1.94 bits per heavy atom. The second-order valence-electron chi connectivity index (χ2n) is 4.12. The van der Waals surface area contributed by atoms with Gasteiger partial charge in [-0.15, -0.1) is 0 Å². The van der Waals surface area contributed by atoms with Gasteiger partial charge in [0.25, 0.3) is 0 Å². The van der Waals surface area contributed by atoms with E-state index in [1.54, 1.807) is 0 Å². The third-order valence-electron chi connectivity index (χ3n) is 2.93. The van der Waals surface area contributed by atoms with Gasteiger partial charge in [-0.2, -0.15) is 13.2 Å². The number of halogens is 3. The first-order chi connectivity index (χ1) is 7.89. The van der Waals surface area contributed by atoms with Gasteiger partial charge in [-0.25, -0.2) is 0 Å². The van der Waals surface area contributed by atoms with Gasteiger partial charge in [-0.05, 0) is 25.1 Å². The number of hydrogen-bond donors (Lipinski definition) is 3. The van der Waals surface area contributed by atoms with E-state index in [4.69, 9.17) is 0 Å². The molecule has 1 saturated heterocycles. The molecule has 6 heteroatoms. The highest BCUT2D eigenvalue weighted by molar-refractivity contribution is 5.49. The van der Waals surface area contributed by atoms with Gasteiger partial charge in [0, 0.05) is 18.0 Å². The highest BCUT2D eigenvalue weighted by atomic mass is 19.4. The van der Waals surface area contributed by atoms with Crippen molar-refractivity contribution in [1.82, 2.24) is 5.32 Å². The number of nitrogens with one attached hydrogen (secondary N) is 1. The second-order valence-corrected chi connectivity index (χ2v) is 4.12. The summed E-state index contributed by atoms with van der Waals surface area (Å²) in [5.41, 5.74) is -1.03. The molecule has 0 radical (unpaired) electrons. The van der Waals surface area contributed by atoms with Crippen LogP contribution in [0, 0.1) is 0 Å². The average molecular weight is 247 g/mol. The number of rotatable bonds is 1. The zero-order chi connectivity index (χ0) is 12.6. The monoisotopic (exact) mass is 247 g/mol. The summed E-state index contributed by atoms with van der Waals surface area (Å²) in [7, 11) is 0. The Hall–Kier alpha value is -1.43. The predicted molar refractivity (Wildman–Crippen MR) is 55.0 cm³/mol. The van der Waals surface area contributed by atoms with E-state index in [1.165, 1.54) is 6.07 Å². The summed E-state index contributed by atoms with van der Waals surface area (Å²) in [4.78, 5) is 0. The highest BCUT2D eigenvalue weighted by Crippen LogP contribution is 2.43. The Morgan fingerprint density at radius 1 is 1.24 bits per heavy atom. The van der Waals surface area contributed by atoms with Gasteiger partial charge in [0.15, 0.2) is 0 Å². The molecule has 3 N–H and O–H groups in total. The van der Waals surface area contributed by atoms with Gasteiger partial charge in [0.2, 0.25) is 0 Å². The van der Waals surface area contributed by atoms with E-state index in [1.807, 2.05) is 0 Å². The maximum absolute atomic E-state index is 12.6. The molecule has 2 rings (SSSR count). The normalized spacial score (nSPS) is 20.8. The summed E-state index contributed by atoms with van der Waals surface area (Å²) < 4.78 is 37.8. The van der Waals surface area contributed by atoms with Gasteiger partial charge in [-0.3, -0.25) is 0 Å². The lowest BCUT2D eigenvalue weighted by Crippen LogP contribution is -2.10. The first-order valence-corrected chi connectivity index (χ1v) is 5.23. The van der Waals surface area contributed by atoms with E-state index in [2.05, 4.69) is 5.32 Å². The maximum atomic E-state index is 12.6. The Balaban J connectivity index is 2.49. The summed E-state index contributed by atoms with van der Waals surface area (Å²) in [6.07, 6.45) is -4.02. The molecule has 0 amide bonds. The van der Waals surface area contributed by atoms with Crippen LogP contribution in [0.15, 0.2) is 12.1 Å². The topological polar surface area (TPSA) is 52.5 Å². The molecule has 0 aromatic heterocycles. The molecule has 0 bridgehead atoms. The number of hydrogen-bond acceptors (Lipinski definition) is 3. The second kappa shape index (κ2) is 4.10. The smallest absolute Gasteiger partial charge is 0.420 e. The quantitative estimate of drug-likeness (QED) is 0.667. The molecule has 3 nitrogen and oxygen atoms in total. The summed E-state index contributed by atoms with van der Waals surface area (Å²) in [5.74, 6) is -1.44. The van der Waals surface area contributed by atoms with Gasteiger partial charge >= 0.3 is 6.18 Å². The predicted octanol–water partition coefficient (Wildman–Crippen LogP) is 2.19. The SMILES string of the molecule is Oc1cc(C2CCNC2)c(O)c(C(F)(F)F)c1. The summed E-state index contributed by atoms with van der Waals surface area (Å²) in [5, 5.41) is 22.0. The molecule has 1 unspecified atom stereocenters. The molecule has 1 fully saturated rings. The van der Waals surface area contributed by atoms with Crippen molar-refractivity contribution in [2.24, 2.45) is 0 Å². The molecule has 0 spiro atoms. The molecule has 1 aliphatic heterocycles. The van der Waals surface area contributed by atoms with Crippen LogP contribution in [0.1, 0.15) is 23.5 Å². The van der Waals surface area contributed by atoms with E-state index >= 15 is 0 Å². The molecule has 0 saturated carbocycles. The van der Waals surface area contributed by atoms with Crippen LogP contribution < -0.4 is 5.32 Å². The number of phenols is 2. The number of aromatic hydroxyl groups is 2. The third kappa shape index (κ3) is 2.31. The van der Waals surface area contributed by atoms with E-state index < -0.39 is 23.2 Å². The molecule has 94 valence electrons. The Labute approximate surface area is 95.9 Å². The van der Waals surface area contributed by atoms with Crippen LogP contribution >= 0.6 is 0 Å². The molecule has 1 aliphatic rings. The van der Waals surface area contributed by atoms with E-state index in [-0.39, 0.29) is 11.5 Å². The molecule has 0 aliphatic carbocycles. The zero-order valence-electron chi connectivity index (χ0n) is 8.88. The van der Waals surface area contributed by atoms with Crippen molar-refractivity contribution in [2.75, 3.05) is 13.1 Å². The molecular formula is C11H12F3NO2. The Morgan fingerprint density at radius 3 is 2.47 bits per heavy atom. The van der Waals surface area contributed by atoms with Crippen LogP contribution in [0.2, 0.25) is 0 Å². The van der Waals surface area contributed by atoms with Gasteiger partial charge in [-0.1, -0.05) is 0 Å². The van der Waals surface area contributed by atoms with Crippen molar-refractivity contribution in [3.63, 3.8) is 0 Å². The summed E-state index contributed by atoms with van der Waals surface area (Å²) in [6.45, 7) is 1.20. The molecular weight excluding hydrogens is 235 g/mol. The fourth-order valence-electron chi connectivity index (χ4n) is 2.09. The van der Waals surface area contributed by atoms with Crippen molar-refractivity contribution in [3.05, 3.63) is 23.3 Å². The first-order valence-electron chi connectivity index (χ1n) is 5.23. The van der Waals surface area contributed by atoms with Crippen LogP contribution in [0.25, 0.3) is 0 Å². The lowest BCUT2D eigenvalue weighted by Gasteiger charge is -2.16. The van der Waals surface area contributed by atoms with Crippen molar-refractivity contribution < 1.29 is 23.4 Å². The standard InChI is InChI=1S/C11H12F3NO2/c12-11(13,14)9-4-7(16)3-8(10(9)17)6-1-2-15-5-6/h3-4,6,15-17H,1-2,5H2. The van der Waals surface area contributed by atoms with E-state index in [0.717, 1.165) is 0 Å². The van der Waals surface area contributed by atoms with Crippen LogP contribution in [0.5, 0.6) is 11.5 Å². The average Bonchev–Trinajstić information content (AvgIpc) is 2.72. The van der Waals surface area contributed by atoms with Crippen LogP contribution in [-0.2, 0) is 6.18 Å².